The molecule has 2 rings (SSSR count). The minimum Gasteiger partial charge on any atom is -0.398 e. The molecular formula is C15H17BrN2OS. The minimum atomic E-state index is -0.125. The van der Waals surface area contributed by atoms with Gasteiger partial charge in [-0.25, -0.2) is 0 Å². The lowest BCUT2D eigenvalue weighted by Gasteiger charge is -2.15. The minimum absolute atomic E-state index is 0.0271. The number of carbonyl (C=O) groups is 1. The molecule has 0 aliphatic rings. The van der Waals surface area contributed by atoms with Crippen molar-refractivity contribution in [1.29, 1.82) is 0 Å². The summed E-state index contributed by atoms with van der Waals surface area (Å²) in [6.07, 6.45) is 0. The van der Waals surface area contributed by atoms with Gasteiger partial charge in [0, 0.05) is 15.4 Å². The molecule has 0 fully saturated rings. The third-order valence-electron chi connectivity index (χ3n) is 3.17. The summed E-state index contributed by atoms with van der Waals surface area (Å²) in [6, 6.07) is 7.39. The number of benzene rings is 1. The average Bonchev–Trinajstić information content (AvgIpc) is 2.71. The Kier molecular flexibility index (Phi) is 4.50. The highest BCUT2D eigenvalue weighted by molar-refractivity contribution is 9.10. The molecule has 20 heavy (non-hydrogen) atoms. The molecule has 0 bridgehead atoms. The molecule has 0 aliphatic heterocycles. The molecule has 0 saturated carbocycles. The van der Waals surface area contributed by atoms with Gasteiger partial charge in [0.2, 0.25) is 0 Å². The van der Waals surface area contributed by atoms with E-state index in [1.165, 1.54) is 15.3 Å². The third kappa shape index (κ3) is 3.04. The van der Waals surface area contributed by atoms with Crippen LogP contribution in [0.2, 0.25) is 0 Å². The second-order valence-corrected chi connectivity index (χ2v) is 7.03. The van der Waals surface area contributed by atoms with E-state index in [1.807, 2.05) is 6.92 Å². The normalized spacial score (nSPS) is 12.2. The predicted octanol–water partition coefficient (Wildman–Crippen LogP) is 4.20. The van der Waals surface area contributed by atoms with Crippen molar-refractivity contribution in [1.82, 2.24) is 5.32 Å². The van der Waals surface area contributed by atoms with E-state index in [-0.39, 0.29) is 11.9 Å². The van der Waals surface area contributed by atoms with Crippen molar-refractivity contribution in [3.8, 4) is 0 Å². The van der Waals surface area contributed by atoms with Gasteiger partial charge < -0.3 is 11.1 Å². The molecule has 0 radical (unpaired) electrons. The summed E-state index contributed by atoms with van der Waals surface area (Å²) < 4.78 is 0.642. The Morgan fingerprint density at radius 1 is 1.40 bits per heavy atom. The van der Waals surface area contributed by atoms with Gasteiger partial charge in [-0.15, -0.1) is 11.3 Å². The Labute approximate surface area is 131 Å². The van der Waals surface area contributed by atoms with Crippen LogP contribution >= 0.6 is 27.3 Å². The average molecular weight is 353 g/mol. The van der Waals surface area contributed by atoms with Crippen molar-refractivity contribution in [2.75, 3.05) is 5.73 Å². The van der Waals surface area contributed by atoms with Gasteiger partial charge in [0.05, 0.1) is 16.1 Å². The molecule has 0 aliphatic carbocycles. The Morgan fingerprint density at radius 3 is 2.70 bits per heavy atom. The zero-order valence-electron chi connectivity index (χ0n) is 11.7. The fourth-order valence-electron chi connectivity index (χ4n) is 2.16. The molecule has 0 saturated heterocycles. The van der Waals surface area contributed by atoms with Gasteiger partial charge in [-0.05, 0) is 60.5 Å². The van der Waals surface area contributed by atoms with E-state index in [0.717, 1.165) is 0 Å². The summed E-state index contributed by atoms with van der Waals surface area (Å²) in [5.74, 6) is -0.125. The third-order valence-corrected chi connectivity index (χ3v) is 5.03. The largest absolute Gasteiger partial charge is 0.398 e. The van der Waals surface area contributed by atoms with Gasteiger partial charge in [-0.3, -0.25) is 4.79 Å². The first kappa shape index (κ1) is 15.1. The molecule has 1 unspecified atom stereocenters. The number of amides is 1. The van der Waals surface area contributed by atoms with Crippen LogP contribution in [0.4, 0.5) is 5.69 Å². The molecule has 1 amide bonds. The molecule has 3 nitrogen and oxygen atoms in total. The lowest BCUT2D eigenvalue weighted by molar-refractivity contribution is 0.0939. The summed E-state index contributed by atoms with van der Waals surface area (Å²) in [4.78, 5) is 14.8. The number of nitrogens with one attached hydrogen (secondary N) is 1. The summed E-state index contributed by atoms with van der Waals surface area (Å²) in [7, 11) is 0. The quantitative estimate of drug-likeness (QED) is 0.813. The maximum absolute atomic E-state index is 12.3. The monoisotopic (exact) mass is 352 g/mol. The number of thiophene rings is 1. The van der Waals surface area contributed by atoms with Crippen LogP contribution < -0.4 is 11.1 Å². The lowest BCUT2D eigenvalue weighted by atomic mass is 10.1. The maximum Gasteiger partial charge on any atom is 0.252 e. The standard InChI is InChI=1S/C15H17BrN2OS/c1-8-7-12(10(3)20-8)9(2)18-15(19)11-5-4-6-13(17)14(11)16/h4-7,9H,17H2,1-3H3,(H,18,19). The summed E-state index contributed by atoms with van der Waals surface area (Å²) in [6.45, 7) is 6.14. The second kappa shape index (κ2) is 5.97. The number of carbonyl (C=O) groups excluding carboxylic acids is 1. The van der Waals surface area contributed by atoms with Crippen molar-refractivity contribution in [3.63, 3.8) is 0 Å². The van der Waals surface area contributed by atoms with Gasteiger partial charge in [-0.1, -0.05) is 6.07 Å². The molecule has 2 aromatic rings. The molecule has 106 valence electrons. The zero-order chi connectivity index (χ0) is 14.9. The Bertz CT molecular complexity index is 651. The predicted molar refractivity (Wildman–Crippen MR) is 88.2 cm³/mol. The highest BCUT2D eigenvalue weighted by Crippen LogP contribution is 2.28. The van der Waals surface area contributed by atoms with Gasteiger partial charge in [0.15, 0.2) is 0 Å². The molecule has 5 heteroatoms. The number of aryl methyl sites for hydroxylation is 2. The number of hydrogen-bond donors (Lipinski definition) is 2. The molecule has 0 spiro atoms. The topological polar surface area (TPSA) is 55.1 Å². The van der Waals surface area contributed by atoms with Crippen molar-refractivity contribution < 1.29 is 4.79 Å². The first-order valence-electron chi connectivity index (χ1n) is 6.32. The molecule has 1 heterocycles. The number of anilines is 1. The van der Waals surface area contributed by atoms with Crippen LogP contribution in [-0.4, -0.2) is 5.91 Å². The molecule has 1 aromatic heterocycles. The summed E-state index contributed by atoms with van der Waals surface area (Å²) in [5, 5.41) is 3.02. The highest BCUT2D eigenvalue weighted by atomic mass is 79.9. The molecule has 3 N–H and O–H groups in total. The number of nitrogens with two attached hydrogens (primary N) is 1. The number of nitrogen functional groups attached to an aromatic ring is 1. The second-order valence-electron chi connectivity index (χ2n) is 4.77. The number of hydrogen-bond acceptors (Lipinski definition) is 3. The van der Waals surface area contributed by atoms with Gasteiger partial charge in [0.1, 0.15) is 0 Å². The van der Waals surface area contributed by atoms with E-state index in [1.54, 1.807) is 29.5 Å². The smallest absolute Gasteiger partial charge is 0.252 e. The van der Waals surface area contributed by atoms with E-state index in [9.17, 15) is 4.79 Å². The van der Waals surface area contributed by atoms with E-state index in [4.69, 9.17) is 5.73 Å². The Balaban J connectivity index is 2.19. The van der Waals surface area contributed by atoms with Gasteiger partial charge in [0.25, 0.3) is 5.91 Å². The zero-order valence-corrected chi connectivity index (χ0v) is 14.1. The van der Waals surface area contributed by atoms with E-state index in [0.29, 0.717) is 15.7 Å². The van der Waals surface area contributed by atoms with Crippen LogP contribution in [0, 0.1) is 13.8 Å². The summed E-state index contributed by atoms with van der Waals surface area (Å²) >= 11 is 5.11. The maximum atomic E-state index is 12.3. The summed E-state index contributed by atoms with van der Waals surface area (Å²) in [5.41, 5.74) is 8.09. The molecular weight excluding hydrogens is 336 g/mol. The number of halogens is 1. The van der Waals surface area contributed by atoms with Crippen LogP contribution in [0.3, 0.4) is 0 Å². The Hall–Kier alpha value is -1.33. The fraction of sp³-hybridized carbons (Fsp3) is 0.267. The molecule has 1 atom stereocenters. The first-order chi connectivity index (χ1) is 9.40. The SMILES string of the molecule is Cc1cc(C(C)NC(=O)c2cccc(N)c2Br)c(C)s1. The molecule has 1 aromatic carbocycles. The van der Waals surface area contributed by atoms with E-state index >= 15 is 0 Å². The lowest BCUT2D eigenvalue weighted by Crippen LogP contribution is -2.27. The van der Waals surface area contributed by atoms with Crippen molar-refractivity contribution in [2.45, 2.75) is 26.8 Å². The van der Waals surface area contributed by atoms with Gasteiger partial charge in [-0.2, -0.15) is 0 Å². The van der Waals surface area contributed by atoms with Crippen molar-refractivity contribution >= 4 is 38.9 Å². The van der Waals surface area contributed by atoms with Crippen molar-refractivity contribution in [2.24, 2.45) is 0 Å². The van der Waals surface area contributed by atoms with Gasteiger partial charge >= 0.3 is 0 Å². The van der Waals surface area contributed by atoms with Crippen molar-refractivity contribution in [3.05, 3.63) is 49.6 Å². The Morgan fingerprint density at radius 2 is 2.10 bits per heavy atom. The highest BCUT2D eigenvalue weighted by Gasteiger charge is 2.17. The van der Waals surface area contributed by atoms with E-state index < -0.39 is 0 Å². The number of rotatable bonds is 3. The van der Waals surface area contributed by atoms with Crippen LogP contribution in [0.25, 0.3) is 0 Å². The van der Waals surface area contributed by atoms with Crippen LogP contribution in [0.15, 0.2) is 28.7 Å². The van der Waals surface area contributed by atoms with Crippen LogP contribution in [-0.2, 0) is 0 Å². The van der Waals surface area contributed by atoms with Crippen LogP contribution in [0.1, 0.15) is 38.6 Å². The van der Waals surface area contributed by atoms with Crippen LogP contribution in [0.5, 0.6) is 0 Å². The first-order valence-corrected chi connectivity index (χ1v) is 7.93. The fourth-order valence-corrected chi connectivity index (χ4v) is 3.62. The van der Waals surface area contributed by atoms with E-state index in [2.05, 4.69) is 41.2 Å².